The highest BCUT2D eigenvalue weighted by atomic mass is 14.8. The molecule has 0 heterocycles. The molecule has 0 bridgehead atoms. The Labute approximate surface area is 79.5 Å². The molecule has 1 rings (SSSR count). The molecule has 0 radical (unpaired) electrons. The van der Waals surface area contributed by atoms with Crippen LogP contribution in [0, 0.1) is 11.3 Å². The zero-order chi connectivity index (χ0) is 9.84. The molecule has 2 nitrogen and oxygen atoms in total. The van der Waals surface area contributed by atoms with Gasteiger partial charge in [-0.25, -0.2) is 0 Å². The fourth-order valence-corrected chi connectivity index (χ4v) is 1.35. The summed E-state index contributed by atoms with van der Waals surface area (Å²) in [5.74, 6) is 0.202. The summed E-state index contributed by atoms with van der Waals surface area (Å²) in [4.78, 5) is 0. The molecule has 0 aliphatic heterocycles. The van der Waals surface area contributed by atoms with E-state index in [0.29, 0.717) is 5.71 Å². The third kappa shape index (κ3) is 2.08. The van der Waals surface area contributed by atoms with E-state index in [9.17, 15) is 0 Å². The summed E-state index contributed by atoms with van der Waals surface area (Å²) in [6.45, 7) is 4.06. The van der Waals surface area contributed by atoms with E-state index in [-0.39, 0.29) is 5.92 Å². The molecule has 1 aliphatic rings. The summed E-state index contributed by atoms with van der Waals surface area (Å²) in [5.41, 5.74) is 2.82. The van der Waals surface area contributed by atoms with Gasteiger partial charge < -0.3 is 10.7 Å². The van der Waals surface area contributed by atoms with E-state index in [1.165, 1.54) is 0 Å². The van der Waals surface area contributed by atoms with Crippen LogP contribution in [0.2, 0.25) is 0 Å². The molecule has 2 heteroatoms. The SMILES string of the molecule is CN/C=C1\C(=N)[C@H](C)C=CC=C1C. The lowest BCUT2D eigenvalue weighted by atomic mass is 9.96. The maximum atomic E-state index is 7.93. The van der Waals surface area contributed by atoms with Crippen LogP contribution in [0.15, 0.2) is 35.6 Å². The summed E-state index contributed by atoms with van der Waals surface area (Å²) in [6.07, 6.45) is 7.99. The molecule has 2 N–H and O–H groups in total. The second-order valence-corrected chi connectivity index (χ2v) is 3.28. The zero-order valence-electron chi connectivity index (χ0n) is 8.39. The summed E-state index contributed by atoms with van der Waals surface area (Å²) < 4.78 is 0. The highest BCUT2D eigenvalue weighted by molar-refractivity contribution is 6.04. The van der Waals surface area contributed by atoms with Gasteiger partial charge in [-0.1, -0.05) is 25.2 Å². The van der Waals surface area contributed by atoms with Crippen molar-refractivity contribution in [3.8, 4) is 0 Å². The molecule has 13 heavy (non-hydrogen) atoms. The van der Waals surface area contributed by atoms with E-state index >= 15 is 0 Å². The molecule has 0 saturated heterocycles. The molecule has 1 aliphatic carbocycles. The van der Waals surface area contributed by atoms with Gasteiger partial charge in [0.2, 0.25) is 0 Å². The lowest BCUT2D eigenvalue weighted by Gasteiger charge is -2.11. The van der Waals surface area contributed by atoms with Crippen LogP contribution in [0.3, 0.4) is 0 Å². The normalized spacial score (nSPS) is 25.8. The van der Waals surface area contributed by atoms with Gasteiger partial charge in [0.1, 0.15) is 0 Å². The topological polar surface area (TPSA) is 35.9 Å². The first-order valence-corrected chi connectivity index (χ1v) is 4.48. The van der Waals surface area contributed by atoms with Crippen LogP contribution < -0.4 is 5.32 Å². The molecule has 0 aromatic rings. The Hall–Kier alpha value is -1.31. The quantitative estimate of drug-likeness (QED) is 0.631. The van der Waals surface area contributed by atoms with Gasteiger partial charge in [0.25, 0.3) is 0 Å². The van der Waals surface area contributed by atoms with Gasteiger partial charge in [-0.05, 0) is 12.5 Å². The van der Waals surface area contributed by atoms with Crippen molar-refractivity contribution in [3.05, 3.63) is 35.6 Å². The highest BCUT2D eigenvalue weighted by Crippen LogP contribution is 2.19. The molecule has 1 atom stereocenters. The van der Waals surface area contributed by atoms with Gasteiger partial charge in [-0.3, -0.25) is 0 Å². The predicted molar refractivity (Wildman–Crippen MR) is 56.9 cm³/mol. The minimum Gasteiger partial charge on any atom is -0.393 e. The van der Waals surface area contributed by atoms with Crippen LogP contribution in [0.25, 0.3) is 0 Å². The minimum atomic E-state index is 0.202. The number of hydrogen-bond donors (Lipinski definition) is 2. The molecular formula is C11H16N2. The minimum absolute atomic E-state index is 0.202. The smallest absolute Gasteiger partial charge is 0.0469 e. The first-order valence-electron chi connectivity index (χ1n) is 4.48. The summed E-state index contributed by atoms with van der Waals surface area (Å²) in [6, 6.07) is 0. The molecule has 0 aromatic carbocycles. The molecular weight excluding hydrogens is 160 g/mol. The Kier molecular flexibility index (Phi) is 3.07. The van der Waals surface area contributed by atoms with Crippen LogP contribution in [0.4, 0.5) is 0 Å². The van der Waals surface area contributed by atoms with Gasteiger partial charge in [-0.15, -0.1) is 0 Å². The fraction of sp³-hybridized carbons (Fsp3) is 0.364. The molecule has 0 amide bonds. The Morgan fingerprint density at radius 2 is 2.23 bits per heavy atom. The van der Waals surface area contributed by atoms with E-state index in [1.807, 2.05) is 45.3 Å². The van der Waals surface area contributed by atoms with Crippen LogP contribution in [-0.2, 0) is 0 Å². The second kappa shape index (κ2) is 4.08. The predicted octanol–water partition coefficient (Wildman–Crippen LogP) is 2.26. The average Bonchev–Trinajstić information content (AvgIpc) is 2.21. The Morgan fingerprint density at radius 3 is 2.85 bits per heavy atom. The summed E-state index contributed by atoms with van der Waals surface area (Å²) >= 11 is 0. The Balaban J connectivity index is 3.05. The Bertz CT molecular complexity index is 295. The molecule has 0 unspecified atom stereocenters. The van der Waals surface area contributed by atoms with Gasteiger partial charge in [0, 0.05) is 30.5 Å². The largest absolute Gasteiger partial charge is 0.393 e. The van der Waals surface area contributed by atoms with Crippen LogP contribution in [0.1, 0.15) is 13.8 Å². The standard InChI is InChI=1S/C11H16N2/c1-8-5-4-6-9(2)11(12)10(8)7-13-3/h4-7,9,12-13H,1-3H3/b10-7-,12-11?/t9-/m1/s1. The summed E-state index contributed by atoms with van der Waals surface area (Å²) in [7, 11) is 1.86. The van der Waals surface area contributed by atoms with Gasteiger partial charge in [0.15, 0.2) is 0 Å². The molecule has 0 fully saturated rings. The van der Waals surface area contributed by atoms with E-state index in [2.05, 4.69) is 5.32 Å². The molecule has 0 saturated carbocycles. The lowest BCUT2D eigenvalue weighted by Crippen LogP contribution is -2.12. The van der Waals surface area contributed by atoms with E-state index in [0.717, 1.165) is 11.1 Å². The third-order valence-electron chi connectivity index (χ3n) is 2.21. The van der Waals surface area contributed by atoms with Gasteiger partial charge in [0.05, 0.1) is 0 Å². The van der Waals surface area contributed by atoms with Crippen LogP contribution in [0.5, 0.6) is 0 Å². The Morgan fingerprint density at radius 1 is 1.54 bits per heavy atom. The zero-order valence-corrected chi connectivity index (χ0v) is 8.39. The maximum absolute atomic E-state index is 7.93. The van der Waals surface area contributed by atoms with E-state index in [1.54, 1.807) is 0 Å². The average molecular weight is 176 g/mol. The third-order valence-corrected chi connectivity index (χ3v) is 2.21. The fourth-order valence-electron chi connectivity index (χ4n) is 1.35. The number of allylic oxidation sites excluding steroid dienone is 5. The highest BCUT2D eigenvalue weighted by Gasteiger charge is 2.14. The lowest BCUT2D eigenvalue weighted by molar-refractivity contribution is 0.980. The maximum Gasteiger partial charge on any atom is 0.0469 e. The van der Waals surface area contributed by atoms with Crippen molar-refractivity contribution >= 4 is 5.71 Å². The van der Waals surface area contributed by atoms with E-state index in [4.69, 9.17) is 5.41 Å². The second-order valence-electron chi connectivity index (χ2n) is 3.28. The van der Waals surface area contributed by atoms with Crippen molar-refractivity contribution in [1.82, 2.24) is 5.32 Å². The summed E-state index contributed by atoms with van der Waals surface area (Å²) in [5, 5.41) is 10.9. The van der Waals surface area contributed by atoms with Crippen molar-refractivity contribution < 1.29 is 0 Å². The van der Waals surface area contributed by atoms with Crippen molar-refractivity contribution in [2.75, 3.05) is 7.05 Å². The van der Waals surface area contributed by atoms with Gasteiger partial charge >= 0.3 is 0 Å². The van der Waals surface area contributed by atoms with E-state index < -0.39 is 0 Å². The van der Waals surface area contributed by atoms with Crippen molar-refractivity contribution in [1.29, 1.82) is 5.41 Å². The number of hydrogen-bond acceptors (Lipinski definition) is 2. The van der Waals surface area contributed by atoms with Crippen LogP contribution >= 0.6 is 0 Å². The van der Waals surface area contributed by atoms with Crippen molar-refractivity contribution in [3.63, 3.8) is 0 Å². The molecule has 0 spiro atoms. The first-order chi connectivity index (χ1) is 6.16. The van der Waals surface area contributed by atoms with Crippen molar-refractivity contribution in [2.24, 2.45) is 5.92 Å². The molecule has 0 aromatic heterocycles. The van der Waals surface area contributed by atoms with Crippen molar-refractivity contribution in [2.45, 2.75) is 13.8 Å². The van der Waals surface area contributed by atoms with Crippen LogP contribution in [-0.4, -0.2) is 12.8 Å². The first kappa shape index (κ1) is 9.78. The number of rotatable bonds is 1. The molecule has 70 valence electrons. The van der Waals surface area contributed by atoms with Gasteiger partial charge in [-0.2, -0.15) is 0 Å². The number of nitrogens with one attached hydrogen (secondary N) is 2. The monoisotopic (exact) mass is 176 g/mol.